The minimum absolute atomic E-state index is 0.124. The monoisotopic (exact) mass is 285 g/mol. The first kappa shape index (κ1) is 15.3. The van der Waals surface area contributed by atoms with E-state index in [1.54, 1.807) is 0 Å². The van der Waals surface area contributed by atoms with Crippen LogP contribution in [0.1, 0.15) is 18.4 Å². The third-order valence-electron chi connectivity index (χ3n) is 2.22. The van der Waals surface area contributed by atoms with Crippen molar-refractivity contribution in [1.82, 2.24) is 0 Å². The van der Waals surface area contributed by atoms with Crippen LogP contribution in [-0.4, -0.2) is 18.3 Å². The number of hydrogen-bond acceptors (Lipinski definition) is 1. The minimum Gasteiger partial charge on any atom is -0.326 e. The van der Waals surface area contributed by atoms with Gasteiger partial charge in [-0.1, -0.05) is 12.1 Å². The number of halogens is 6. The maximum atomic E-state index is 12.4. The van der Waals surface area contributed by atoms with E-state index >= 15 is 0 Å². The third-order valence-corrected chi connectivity index (χ3v) is 2.22. The first-order valence-corrected chi connectivity index (χ1v) is 5.03. The summed E-state index contributed by atoms with van der Waals surface area (Å²) in [5, 5.41) is 2.25. The molecule has 0 fully saturated rings. The normalized spacial score (nSPS) is 12.6. The van der Waals surface area contributed by atoms with Gasteiger partial charge in [-0.3, -0.25) is 4.79 Å². The molecule has 2 nitrogen and oxygen atoms in total. The Balaban J connectivity index is 3.09. The summed E-state index contributed by atoms with van der Waals surface area (Å²) >= 11 is 0. The number of nitrogens with one attached hydrogen (secondary N) is 1. The molecule has 1 aromatic rings. The second-order valence-corrected chi connectivity index (χ2v) is 3.82. The molecule has 0 bridgehead atoms. The summed E-state index contributed by atoms with van der Waals surface area (Å²) in [7, 11) is 0. The highest BCUT2D eigenvalue weighted by Gasteiger charge is 2.57. The molecule has 0 atom stereocenters. The molecule has 0 spiro atoms. The maximum absolute atomic E-state index is 12.4. The highest BCUT2D eigenvalue weighted by Crippen LogP contribution is 2.46. The Morgan fingerprint density at radius 1 is 1.00 bits per heavy atom. The van der Waals surface area contributed by atoms with Crippen LogP contribution < -0.4 is 5.32 Å². The second-order valence-electron chi connectivity index (χ2n) is 3.82. The van der Waals surface area contributed by atoms with Crippen LogP contribution in [0.15, 0.2) is 24.3 Å². The molecule has 0 heterocycles. The Hall–Kier alpha value is -1.73. The van der Waals surface area contributed by atoms with E-state index in [1.807, 2.05) is 0 Å². The summed E-state index contributed by atoms with van der Waals surface area (Å²) in [6, 6.07) is 3.36. The first-order valence-electron chi connectivity index (χ1n) is 5.03. The van der Waals surface area contributed by atoms with E-state index in [9.17, 15) is 31.1 Å². The lowest BCUT2D eigenvalue weighted by atomic mass is 9.97. The van der Waals surface area contributed by atoms with Gasteiger partial charge in [0.05, 0.1) is 0 Å². The predicted octanol–water partition coefficient (Wildman–Crippen LogP) is 3.85. The second kappa shape index (κ2) is 5.10. The van der Waals surface area contributed by atoms with E-state index in [1.165, 1.54) is 6.92 Å². The molecule has 1 aromatic carbocycles. The van der Waals surface area contributed by atoms with Gasteiger partial charge in [0.15, 0.2) is 5.92 Å². The van der Waals surface area contributed by atoms with Crippen LogP contribution in [0.4, 0.5) is 32.0 Å². The van der Waals surface area contributed by atoms with Crippen molar-refractivity contribution in [3.05, 3.63) is 29.8 Å². The van der Waals surface area contributed by atoms with Crippen LogP contribution >= 0.6 is 0 Å². The molecule has 0 aliphatic rings. The zero-order valence-electron chi connectivity index (χ0n) is 9.56. The molecule has 0 aliphatic carbocycles. The van der Waals surface area contributed by atoms with Crippen molar-refractivity contribution >= 4 is 11.6 Å². The Morgan fingerprint density at radius 2 is 1.42 bits per heavy atom. The fourth-order valence-corrected chi connectivity index (χ4v) is 1.53. The molecular weight excluding hydrogens is 276 g/mol. The molecule has 0 saturated carbocycles. The van der Waals surface area contributed by atoms with Crippen molar-refractivity contribution in [2.45, 2.75) is 25.2 Å². The summed E-state index contributed by atoms with van der Waals surface area (Å²) < 4.78 is 74.5. The first-order chi connectivity index (χ1) is 8.51. The van der Waals surface area contributed by atoms with Crippen molar-refractivity contribution in [2.75, 3.05) is 5.32 Å². The summed E-state index contributed by atoms with van der Waals surface area (Å²) in [5.41, 5.74) is -0.798. The Labute approximate surface area is 104 Å². The number of benzene rings is 1. The van der Waals surface area contributed by atoms with Gasteiger partial charge in [0, 0.05) is 12.6 Å². The molecular formula is C11H9F6NO. The largest absolute Gasteiger partial charge is 0.404 e. The van der Waals surface area contributed by atoms with Gasteiger partial charge in [0.1, 0.15) is 0 Å². The van der Waals surface area contributed by atoms with Crippen LogP contribution in [0.3, 0.4) is 0 Å². The molecule has 1 N–H and O–H groups in total. The number of anilines is 1. The van der Waals surface area contributed by atoms with Crippen molar-refractivity contribution in [3.63, 3.8) is 0 Å². The molecule has 0 radical (unpaired) electrons. The van der Waals surface area contributed by atoms with Gasteiger partial charge in [-0.25, -0.2) is 0 Å². The molecule has 1 amide bonds. The molecule has 19 heavy (non-hydrogen) atoms. The van der Waals surface area contributed by atoms with Crippen molar-refractivity contribution in [3.8, 4) is 0 Å². The summed E-state index contributed by atoms with van der Waals surface area (Å²) in [5.74, 6) is -4.01. The fourth-order valence-electron chi connectivity index (χ4n) is 1.53. The minimum atomic E-state index is -5.42. The zero-order chi connectivity index (χ0) is 14.8. The van der Waals surface area contributed by atoms with Gasteiger partial charge in [0.2, 0.25) is 5.91 Å². The van der Waals surface area contributed by atoms with Crippen LogP contribution in [-0.2, 0) is 4.79 Å². The Bertz CT molecular complexity index is 434. The lowest BCUT2D eigenvalue weighted by molar-refractivity contribution is -0.253. The van der Waals surface area contributed by atoms with Crippen LogP contribution in [0.25, 0.3) is 0 Å². The lowest BCUT2D eigenvalue weighted by Gasteiger charge is -2.23. The zero-order valence-corrected chi connectivity index (χ0v) is 9.56. The van der Waals surface area contributed by atoms with E-state index in [-0.39, 0.29) is 5.69 Å². The third kappa shape index (κ3) is 4.15. The van der Waals surface area contributed by atoms with E-state index in [2.05, 4.69) is 5.32 Å². The Morgan fingerprint density at radius 3 is 1.74 bits per heavy atom. The summed E-state index contributed by atoms with van der Waals surface area (Å²) in [6.45, 7) is 1.17. The molecule has 0 saturated heterocycles. The molecule has 0 aromatic heterocycles. The molecule has 0 aliphatic heterocycles. The number of carbonyl (C=O) groups excluding carboxylic acids is 1. The highest BCUT2D eigenvalue weighted by atomic mass is 19.4. The topological polar surface area (TPSA) is 29.1 Å². The predicted molar refractivity (Wildman–Crippen MR) is 55.6 cm³/mol. The van der Waals surface area contributed by atoms with Gasteiger partial charge < -0.3 is 5.32 Å². The van der Waals surface area contributed by atoms with Gasteiger partial charge in [0.25, 0.3) is 0 Å². The van der Waals surface area contributed by atoms with Gasteiger partial charge in [-0.15, -0.1) is 0 Å². The van der Waals surface area contributed by atoms with Gasteiger partial charge in [-0.2, -0.15) is 26.3 Å². The van der Waals surface area contributed by atoms with E-state index in [0.717, 1.165) is 12.1 Å². The number of carbonyl (C=O) groups is 1. The maximum Gasteiger partial charge on any atom is 0.404 e. The van der Waals surface area contributed by atoms with Crippen molar-refractivity contribution in [1.29, 1.82) is 0 Å². The van der Waals surface area contributed by atoms with Crippen LogP contribution in [0.2, 0.25) is 0 Å². The SMILES string of the molecule is CC(=O)Nc1ccc(C(C(F)(F)F)C(F)(F)F)cc1. The quantitative estimate of drug-likeness (QED) is 0.821. The smallest absolute Gasteiger partial charge is 0.326 e. The molecule has 0 unspecified atom stereocenters. The molecule has 106 valence electrons. The van der Waals surface area contributed by atoms with Gasteiger partial charge in [-0.05, 0) is 17.7 Å². The van der Waals surface area contributed by atoms with Crippen LogP contribution in [0.5, 0.6) is 0 Å². The van der Waals surface area contributed by atoms with Crippen molar-refractivity contribution in [2.24, 2.45) is 0 Å². The summed E-state index contributed by atoms with van der Waals surface area (Å²) in [6.07, 6.45) is -10.8. The summed E-state index contributed by atoms with van der Waals surface area (Å²) in [4.78, 5) is 10.7. The lowest BCUT2D eigenvalue weighted by Crippen LogP contribution is -2.34. The van der Waals surface area contributed by atoms with Gasteiger partial charge >= 0.3 is 12.4 Å². The van der Waals surface area contributed by atoms with E-state index in [4.69, 9.17) is 0 Å². The highest BCUT2D eigenvalue weighted by molar-refractivity contribution is 5.88. The molecule has 1 rings (SSSR count). The molecule has 8 heteroatoms. The fraction of sp³-hybridized carbons (Fsp3) is 0.364. The van der Waals surface area contributed by atoms with Crippen LogP contribution in [0, 0.1) is 0 Å². The van der Waals surface area contributed by atoms with E-state index in [0.29, 0.717) is 12.1 Å². The average Bonchev–Trinajstić information content (AvgIpc) is 2.15. The average molecular weight is 285 g/mol. The standard InChI is InChI=1S/C11H9F6NO/c1-6(19)18-8-4-2-7(3-5-8)9(10(12,13)14)11(15,16)17/h2-5,9H,1H3,(H,18,19). The number of alkyl halides is 6. The number of amides is 1. The van der Waals surface area contributed by atoms with Crippen molar-refractivity contribution < 1.29 is 31.1 Å². The number of hydrogen-bond donors (Lipinski definition) is 1. The Kier molecular flexibility index (Phi) is 4.12. The number of rotatable bonds is 2. The van der Waals surface area contributed by atoms with E-state index < -0.39 is 29.7 Å².